The van der Waals surface area contributed by atoms with Crippen LogP contribution in [0.3, 0.4) is 0 Å². The second kappa shape index (κ2) is 4.41. The second-order valence-corrected chi connectivity index (χ2v) is 3.18. The van der Waals surface area contributed by atoms with E-state index in [1.54, 1.807) is 0 Å². The first-order valence-electron chi connectivity index (χ1n) is 4.36. The third-order valence-corrected chi connectivity index (χ3v) is 1.99. The molecule has 15 heavy (non-hydrogen) atoms. The third kappa shape index (κ3) is 2.34. The predicted molar refractivity (Wildman–Crippen MR) is 47.4 cm³/mol. The molecule has 0 aromatic carbocycles. The summed E-state index contributed by atoms with van der Waals surface area (Å²) in [6, 6.07) is 0. The Morgan fingerprint density at radius 2 is 2.27 bits per heavy atom. The summed E-state index contributed by atoms with van der Waals surface area (Å²) in [5.74, 6) is -1.65. The Morgan fingerprint density at radius 1 is 1.67 bits per heavy atom. The third-order valence-electron chi connectivity index (χ3n) is 1.99. The topological polar surface area (TPSA) is 93.1 Å². The number of ether oxygens (including phenoxy) is 2. The Morgan fingerprint density at radius 3 is 2.73 bits per heavy atom. The van der Waals surface area contributed by atoms with Gasteiger partial charge in [0.15, 0.2) is 6.10 Å². The molecule has 2 unspecified atom stereocenters. The normalized spacial score (nSPS) is 22.7. The van der Waals surface area contributed by atoms with Gasteiger partial charge < -0.3 is 19.7 Å². The molecule has 0 aromatic heterocycles. The summed E-state index contributed by atoms with van der Waals surface area (Å²) in [5.41, 5.74) is 0.303. The van der Waals surface area contributed by atoms with Crippen LogP contribution in [0.4, 0.5) is 0 Å². The summed E-state index contributed by atoms with van der Waals surface area (Å²) in [6.07, 6.45) is -2.15. The van der Waals surface area contributed by atoms with E-state index in [1.807, 2.05) is 0 Å². The number of carbonyl (C=O) groups is 2. The molecule has 0 fully saturated rings. The first-order valence-corrected chi connectivity index (χ1v) is 4.36. The Hall–Kier alpha value is -1.40. The molecule has 0 saturated heterocycles. The van der Waals surface area contributed by atoms with Gasteiger partial charge in [-0.25, -0.2) is 4.79 Å². The fraction of sp³-hybridized carbons (Fsp3) is 0.556. The number of hydrogen-bond acceptors (Lipinski definition) is 6. The minimum Gasteiger partial charge on any atom is -0.449 e. The second-order valence-electron chi connectivity index (χ2n) is 3.18. The van der Waals surface area contributed by atoms with Crippen LogP contribution in [-0.4, -0.2) is 41.0 Å². The maximum atomic E-state index is 11.2. The van der Waals surface area contributed by atoms with E-state index < -0.39 is 30.8 Å². The van der Waals surface area contributed by atoms with Crippen LogP contribution < -0.4 is 0 Å². The summed E-state index contributed by atoms with van der Waals surface area (Å²) >= 11 is 0. The molecule has 0 aliphatic carbocycles. The molecular formula is C9H12O6. The molecule has 1 rings (SSSR count). The first kappa shape index (κ1) is 11.7. The van der Waals surface area contributed by atoms with Crippen molar-refractivity contribution in [3.05, 3.63) is 11.3 Å². The van der Waals surface area contributed by atoms with Crippen molar-refractivity contribution in [2.45, 2.75) is 26.1 Å². The molecule has 6 nitrogen and oxygen atoms in total. The van der Waals surface area contributed by atoms with E-state index in [-0.39, 0.29) is 5.76 Å². The molecule has 0 aromatic rings. The maximum Gasteiger partial charge on any atom is 0.375 e. The lowest BCUT2D eigenvalue weighted by molar-refractivity contribution is -0.152. The number of esters is 2. The van der Waals surface area contributed by atoms with Crippen molar-refractivity contribution in [3.63, 3.8) is 0 Å². The molecule has 0 spiro atoms. The van der Waals surface area contributed by atoms with Crippen molar-refractivity contribution < 1.29 is 29.3 Å². The molecule has 1 aliphatic rings. The zero-order valence-corrected chi connectivity index (χ0v) is 8.39. The highest BCUT2D eigenvalue weighted by molar-refractivity contribution is 5.92. The van der Waals surface area contributed by atoms with Crippen LogP contribution in [-0.2, 0) is 19.1 Å². The highest BCUT2D eigenvalue weighted by atomic mass is 16.6. The Bertz CT molecular complexity index is 319. The summed E-state index contributed by atoms with van der Waals surface area (Å²) in [6.45, 7) is 2.11. The minimum atomic E-state index is -1.21. The zero-order valence-electron chi connectivity index (χ0n) is 8.39. The number of aliphatic hydroxyl groups is 2. The fourth-order valence-electron chi connectivity index (χ4n) is 1.28. The van der Waals surface area contributed by atoms with Gasteiger partial charge in [0.25, 0.3) is 0 Å². The van der Waals surface area contributed by atoms with E-state index in [0.29, 0.717) is 5.57 Å². The van der Waals surface area contributed by atoms with E-state index in [9.17, 15) is 14.7 Å². The van der Waals surface area contributed by atoms with E-state index in [0.717, 1.165) is 6.92 Å². The largest absolute Gasteiger partial charge is 0.449 e. The summed E-state index contributed by atoms with van der Waals surface area (Å²) in [5, 5.41) is 18.0. The monoisotopic (exact) mass is 216 g/mol. The molecule has 0 bridgehead atoms. The molecule has 1 aliphatic heterocycles. The van der Waals surface area contributed by atoms with Gasteiger partial charge in [-0.15, -0.1) is 0 Å². The van der Waals surface area contributed by atoms with Crippen LogP contribution in [0.15, 0.2) is 11.3 Å². The number of rotatable bonds is 3. The summed E-state index contributed by atoms with van der Waals surface area (Å²) < 4.78 is 9.37. The van der Waals surface area contributed by atoms with Gasteiger partial charge in [-0.1, -0.05) is 0 Å². The van der Waals surface area contributed by atoms with Gasteiger partial charge in [0.1, 0.15) is 6.10 Å². The van der Waals surface area contributed by atoms with E-state index in [4.69, 9.17) is 9.84 Å². The summed E-state index contributed by atoms with van der Waals surface area (Å²) in [7, 11) is 0. The molecule has 1 heterocycles. The average molecular weight is 216 g/mol. The van der Waals surface area contributed by atoms with E-state index in [2.05, 4.69) is 4.74 Å². The van der Waals surface area contributed by atoms with Gasteiger partial charge in [0.2, 0.25) is 5.76 Å². The van der Waals surface area contributed by atoms with Gasteiger partial charge in [-0.05, 0) is 6.92 Å². The molecule has 0 saturated carbocycles. The quantitative estimate of drug-likeness (QED) is 0.594. The molecule has 0 radical (unpaired) electrons. The Balaban J connectivity index is 2.88. The first-order chi connectivity index (χ1) is 6.97. The molecule has 6 heteroatoms. The van der Waals surface area contributed by atoms with Crippen LogP contribution in [0.1, 0.15) is 13.8 Å². The van der Waals surface area contributed by atoms with Gasteiger partial charge >= 0.3 is 11.9 Å². The van der Waals surface area contributed by atoms with Crippen molar-refractivity contribution in [1.29, 1.82) is 0 Å². The predicted octanol–water partition coefficient (Wildman–Crippen LogP) is -0.898. The van der Waals surface area contributed by atoms with Crippen LogP contribution >= 0.6 is 0 Å². The smallest absolute Gasteiger partial charge is 0.375 e. The summed E-state index contributed by atoms with van der Waals surface area (Å²) in [4.78, 5) is 21.9. The van der Waals surface area contributed by atoms with Crippen molar-refractivity contribution in [2.75, 3.05) is 6.61 Å². The van der Waals surface area contributed by atoms with Crippen molar-refractivity contribution in [1.82, 2.24) is 0 Å². The number of carbonyl (C=O) groups excluding carboxylic acids is 2. The number of aliphatic hydroxyl groups excluding tert-OH is 2. The molecular weight excluding hydrogens is 204 g/mol. The standard InChI is InChI=1S/C9H12O6/c1-4-7(6(12)3-10)15-9(13)8(4)14-5(2)11/h6-7,10,12H,3H2,1-2H3. The van der Waals surface area contributed by atoms with Crippen LogP contribution in [0, 0.1) is 0 Å². The van der Waals surface area contributed by atoms with Crippen LogP contribution in [0.2, 0.25) is 0 Å². The Labute approximate surface area is 86.1 Å². The lowest BCUT2D eigenvalue weighted by Gasteiger charge is -2.15. The molecule has 2 N–H and O–H groups in total. The van der Waals surface area contributed by atoms with Crippen molar-refractivity contribution in [2.24, 2.45) is 0 Å². The van der Waals surface area contributed by atoms with Gasteiger partial charge in [0.05, 0.1) is 6.61 Å². The van der Waals surface area contributed by atoms with E-state index >= 15 is 0 Å². The van der Waals surface area contributed by atoms with Crippen molar-refractivity contribution in [3.8, 4) is 0 Å². The Kier molecular flexibility index (Phi) is 3.43. The minimum absolute atomic E-state index is 0.208. The van der Waals surface area contributed by atoms with E-state index in [1.165, 1.54) is 6.92 Å². The lowest BCUT2D eigenvalue weighted by atomic mass is 10.1. The fourth-order valence-corrected chi connectivity index (χ4v) is 1.28. The number of cyclic esters (lactones) is 1. The van der Waals surface area contributed by atoms with Crippen LogP contribution in [0.25, 0.3) is 0 Å². The van der Waals surface area contributed by atoms with Gasteiger partial charge in [0, 0.05) is 12.5 Å². The lowest BCUT2D eigenvalue weighted by Crippen LogP contribution is -2.30. The molecule has 2 atom stereocenters. The van der Waals surface area contributed by atoms with Gasteiger partial charge in [-0.2, -0.15) is 0 Å². The highest BCUT2D eigenvalue weighted by Gasteiger charge is 2.37. The van der Waals surface area contributed by atoms with Crippen molar-refractivity contribution >= 4 is 11.9 Å². The molecule has 84 valence electrons. The highest BCUT2D eigenvalue weighted by Crippen LogP contribution is 2.25. The molecule has 0 amide bonds. The maximum absolute atomic E-state index is 11.2. The average Bonchev–Trinajstić information content (AvgIpc) is 2.44. The zero-order chi connectivity index (χ0) is 11.6. The number of hydrogen-bond donors (Lipinski definition) is 2. The SMILES string of the molecule is CC(=O)OC1=C(C)C(C(O)CO)OC1=O. The van der Waals surface area contributed by atoms with Gasteiger partial charge in [-0.3, -0.25) is 4.79 Å². The van der Waals surface area contributed by atoms with Crippen LogP contribution in [0.5, 0.6) is 0 Å².